The van der Waals surface area contributed by atoms with Gasteiger partial charge in [-0.1, -0.05) is 33.1 Å². The van der Waals surface area contributed by atoms with E-state index in [-0.39, 0.29) is 63.6 Å². The van der Waals surface area contributed by atoms with Crippen LogP contribution in [-0.4, -0.2) is 71.0 Å². The molecule has 0 saturated heterocycles. The Morgan fingerprint density at radius 2 is 1.53 bits per heavy atom. The van der Waals surface area contributed by atoms with E-state index in [0.717, 1.165) is 32.1 Å². The van der Waals surface area contributed by atoms with Crippen LogP contribution in [0.5, 0.6) is 0 Å². The molecule has 5 heteroatoms. The summed E-state index contributed by atoms with van der Waals surface area (Å²) in [7, 11) is 0. The standard InChI is InChI=1S/C12H20O4.Ba.2H/c1-8(2)12(10(13)14,11(15)16)9-6-4-3-5-7-9;;;/h8-9H,3-7H2,1-2H3,(H,13,14)(H,15,16);;;/q;+2;2*-1. The van der Waals surface area contributed by atoms with E-state index >= 15 is 0 Å². The molecule has 0 atom stereocenters. The number of carboxylic acid groups (broad SMARTS) is 2. The van der Waals surface area contributed by atoms with Crippen LogP contribution in [-0.2, 0) is 9.59 Å². The summed E-state index contributed by atoms with van der Waals surface area (Å²) in [5.74, 6) is -2.97. The minimum absolute atomic E-state index is 0. The Kier molecular flexibility index (Phi) is 7.40. The molecule has 2 N–H and O–H groups in total. The van der Waals surface area contributed by atoms with Gasteiger partial charge in [0.2, 0.25) is 0 Å². The Labute approximate surface area is 145 Å². The molecular formula is C12H22BaO4. The maximum Gasteiger partial charge on any atom is 2.00 e. The van der Waals surface area contributed by atoms with Crippen molar-refractivity contribution in [3.63, 3.8) is 0 Å². The molecule has 1 fully saturated rings. The van der Waals surface area contributed by atoms with Gasteiger partial charge in [-0.05, 0) is 24.7 Å². The molecule has 0 radical (unpaired) electrons. The van der Waals surface area contributed by atoms with Crippen molar-refractivity contribution in [1.29, 1.82) is 0 Å². The topological polar surface area (TPSA) is 74.6 Å². The number of rotatable bonds is 4. The molecule has 0 aromatic carbocycles. The Hall–Kier alpha value is 0.511. The summed E-state index contributed by atoms with van der Waals surface area (Å²) >= 11 is 0. The van der Waals surface area contributed by atoms with Crippen molar-refractivity contribution in [2.75, 3.05) is 0 Å². The summed E-state index contributed by atoms with van der Waals surface area (Å²) in [4.78, 5) is 22.8. The third kappa shape index (κ3) is 3.29. The van der Waals surface area contributed by atoms with Crippen LogP contribution in [0, 0.1) is 17.3 Å². The zero-order valence-electron chi connectivity index (χ0n) is 12.6. The smallest absolute Gasteiger partial charge is 1.00 e. The van der Waals surface area contributed by atoms with Crippen LogP contribution in [0.4, 0.5) is 0 Å². The van der Waals surface area contributed by atoms with Gasteiger partial charge >= 0.3 is 60.8 Å². The van der Waals surface area contributed by atoms with Gasteiger partial charge in [0.15, 0.2) is 5.41 Å². The van der Waals surface area contributed by atoms with E-state index in [0.29, 0.717) is 0 Å². The number of hydrogen-bond acceptors (Lipinski definition) is 2. The molecule has 0 spiro atoms. The Bertz CT molecular complexity index is 277. The van der Waals surface area contributed by atoms with Crippen LogP contribution in [0.25, 0.3) is 0 Å². The van der Waals surface area contributed by atoms with Crippen molar-refractivity contribution >= 4 is 60.8 Å². The fourth-order valence-corrected chi connectivity index (χ4v) is 2.96. The fourth-order valence-electron chi connectivity index (χ4n) is 2.96. The summed E-state index contributed by atoms with van der Waals surface area (Å²) < 4.78 is 0. The van der Waals surface area contributed by atoms with E-state index in [4.69, 9.17) is 0 Å². The second kappa shape index (κ2) is 7.19. The van der Waals surface area contributed by atoms with Gasteiger partial charge in [0.25, 0.3) is 0 Å². The third-order valence-electron chi connectivity index (χ3n) is 3.87. The SMILES string of the molecule is CC(C)C(C(=O)O)(C(=O)O)C1CCCCC1.[Ba+2].[H-].[H-]. The molecule has 0 heterocycles. The molecule has 0 aromatic rings. The minimum atomic E-state index is -1.60. The monoisotopic (exact) mass is 368 g/mol. The van der Waals surface area contributed by atoms with Gasteiger partial charge in [-0.3, -0.25) is 9.59 Å². The average molecular weight is 368 g/mol. The molecular weight excluding hydrogens is 345 g/mol. The summed E-state index contributed by atoms with van der Waals surface area (Å²) in [5, 5.41) is 18.7. The molecule has 0 aliphatic heterocycles. The van der Waals surface area contributed by atoms with Crippen LogP contribution >= 0.6 is 0 Å². The Balaban J connectivity index is -0.000000853. The summed E-state index contributed by atoms with van der Waals surface area (Å²) in [5.41, 5.74) is -1.60. The number of aliphatic carboxylic acids is 2. The molecule has 1 aliphatic rings. The molecule has 0 amide bonds. The van der Waals surface area contributed by atoms with Gasteiger partial charge < -0.3 is 13.1 Å². The predicted molar refractivity (Wildman–Crippen MR) is 67.1 cm³/mol. The number of hydrogen-bond donors (Lipinski definition) is 2. The van der Waals surface area contributed by atoms with E-state index in [1.807, 2.05) is 0 Å². The van der Waals surface area contributed by atoms with Crippen LogP contribution in [0.2, 0.25) is 0 Å². The number of carboxylic acids is 2. The van der Waals surface area contributed by atoms with Gasteiger partial charge in [0.1, 0.15) is 0 Å². The molecule has 0 bridgehead atoms. The number of carbonyl (C=O) groups is 2. The molecule has 0 aromatic heterocycles. The second-order valence-corrected chi connectivity index (χ2v) is 4.97. The van der Waals surface area contributed by atoms with Crippen molar-refractivity contribution in [1.82, 2.24) is 0 Å². The van der Waals surface area contributed by atoms with Gasteiger partial charge in [0.05, 0.1) is 0 Å². The van der Waals surface area contributed by atoms with Crippen LogP contribution in [0.3, 0.4) is 0 Å². The zero-order chi connectivity index (χ0) is 12.3. The van der Waals surface area contributed by atoms with Crippen molar-refractivity contribution in [2.24, 2.45) is 17.3 Å². The maximum atomic E-state index is 11.4. The second-order valence-electron chi connectivity index (χ2n) is 4.97. The van der Waals surface area contributed by atoms with Crippen molar-refractivity contribution in [3.05, 3.63) is 0 Å². The van der Waals surface area contributed by atoms with Gasteiger partial charge in [-0.15, -0.1) is 0 Å². The molecule has 0 unspecified atom stereocenters. The Morgan fingerprint density at radius 3 is 1.82 bits per heavy atom. The molecule has 4 nitrogen and oxygen atoms in total. The zero-order valence-corrected chi connectivity index (χ0v) is 15.0. The summed E-state index contributed by atoms with van der Waals surface area (Å²) in [6.07, 6.45) is 4.41. The largest absolute Gasteiger partial charge is 2.00 e. The van der Waals surface area contributed by atoms with E-state index < -0.39 is 17.4 Å². The van der Waals surface area contributed by atoms with Crippen molar-refractivity contribution < 1.29 is 22.7 Å². The third-order valence-corrected chi connectivity index (χ3v) is 3.87. The average Bonchev–Trinajstić information content (AvgIpc) is 2.18. The predicted octanol–water partition coefficient (Wildman–Crippen LogP) is 2.22. The van der Waals surface area contributed by atoms with Crippen molar-refractivity contribution in [3.8, 4) is 0 Å². The Morgan fingerprint density at radius 1 is 1.12 bits per heavy atom. The van der Waals surface area contributed by atoms with E-state index in [9.17, 15) is 19.8 Å². The quantitative estimate of drug-likeness (QED) is 0.590. The van der Waals surface area contributed by atoms with Crippen LogP contribution < -0.4 is 0 Å². The first-order valence-electron chi connectivity index (χ1n) is 5.90. The fraction of sp³-hybridized carbons (Fsp3) is 0.833. The first-order chi connectivity index (χ1) is 7.44. The normalized spacial score (nSPS) is 17.6. The van der Waals surface area contributed by atoms with Crippen molar-refractivity contribution in [2.45, 2.75) is 46.0 Å². The van der Waals surface area contributed by atoms with E-state index in [1.54, 1.807) is 13.8 Å². The minimum Gasteiger partial charge on any atom is -1.00 e. The van der Waals surface area contributed by atoms with Gasteiger partial charge in [-0.2, -0.15) is 0 Å². The first-order valence-corrected chi connectivity index (χ1v) is 5.90. The van der Waals surface area contributed by atoms with Crippen LogP contribution in [0.15, 0.2) is 0 Å². The molecule has 17 heavy (non-hydrogen) atoms. The van der Waals surface area contributed by atoms with E-state index in [1.165, 1.54) is 0 Å². The molecule has 1 saturated carbocycles. The van der Waals surface area contributed by atoms with Gasteiger partial charge in [0, 0.05) is 0 Å². The maximum absolute atomic E-state index is 11.4. The molecule has 96 valence electrons. The molecule has 1 aliphatic carbocycles. The van der Waals surface area contributed by atoms with E-state index in [2.05, 4.69) is 0 Å². The molecule has 1 rings (SSSR count). The first kappa shape index (κ1) is 17.5. The van der Waals surface area contributed by atoms with Gasteiger partial charge in [-0.25, -0.2) is 0 Å². The van der Waals surface area contributed by atoms with Crippen LogP contribution in [0.1, 0.15) is 48.8 Å². The summed E-state index contributed by atoms with van der Waals surface area (Å²) in [6.45, 7) is 3.38. The summed E-state index contributed by atoms with van der Waals surface area (Å²) in [6, 6.07) is 0.